The van der Waals surface area contributed by atoms with Crippen molar-refractivity contribution in [3.05, 3.63) is 35.9 Å². The molecule has 1 saturated heterocycles. The highest BCUT2D eigenvalue weighted by molar-refractivity contribution is 5.88. The fourth-order valence-corrected chi connectivity index (χ4v) is 2.96. The van der Waals surface area contributed by atoms with Gasteiger partial charge in [-0.15, -0.1) is 0 Å². The third-order valence-corrected chi connectivity index (χ3v) is 4.06. The molecule has 0 aliphatic carbocycles. The van der Waals surface area contributed by atoms with Gasteiger partial charge in [-0.25, -0.2) is 0 Å². The number of carbonyl (C=O) groups is 2. The van der Waals surface area contributed by atoms with Crippen molar-refractivity contribution >= 4 is 11.7 Å². The molecule has 0 aromatic heterocycles. The summed E-state index contributed by atoms with van der Waals surface area (Å²) in [7, 11) is 0. The number of likely N-dealkylation sites (tertiary alicyclic amines) is 1. The summed E-state index contributed by atoms with van der Waals surface area (Å²) in [6.45, 7) is 4.28. The summed E-state index contributed by atoms with van der Waals surface area (Å²) in [6, 6.07) is 9.85. The Bertz CT molecular complexity index is 469. The monoisotopic (exact) mass is 273 g/mol. The molecule has 108 valence electrons. The average Bonchev–Trinajstić information content (AvgIpc) is 2.47. The quantitative estimate of drug-likeness (QED) is 0.846. The van der Waals surface area contributed by atoms with Crippen LogP contribution in [-0.2, 0) is 16.0 Å². The number of Topliss-reactive ketones (excluding diaryl/α,β-unsaturated/α-hetero) is 1. The first-order valence-electron chi connectivity index (χ1n) is 7.44. The Balaban J connectivity index is 2.03. The largest absolute Gasteiger partial charge is 0.332 e. The number of rotatable bonds is 4. The van der Waals surface area contributed by atoms with Gasteiger partial charge in [-0.1, -0.05) is 37.3 Å². The molecule has 0 bridgehead atoms. The van der Waals surface area contributed by atoms with E-state index < -0.39 is 0 Å². The predicted octanol–water partition coefficient (Wildman–Crippen LogP) is 2.84. The summed E-state index contributed by atoms with van der Waals surface area (Å²) in [4.78, 5) is 26.1. The normalized spacial score (nSPS) is 20.5. The van der Waals surface area contributed by atoms with Gasteiger partial charge in [0, 0.05) is 12.5 Å². The SMILES string of the molecule is CC(=O)[C@@H]1CCCCN1C(=O)[C@@H](C)Cc1ccccc1. The lowest BCUT2D eigenvalue weighted by atomic mass is 9.94. The first-order valence-corrected chi connectivity index (χ1v) is 7.44. The van der Waals surface area contributed by atoms with Crippen LogP contribution in [0.1, 0.15) is 38.7 Å². The summed E-state index contributed by atoms with van der Waals surface area (Å²) in [5, 5.41) is 0. The zero-order chi connectivity index (χ0) is 14.5. The lowest BCUT2D eigenvalue weighted by molar-refractivity contribution is -0.143. The van der Waals surface area contributed by atoms with Gasteiger partial charge in [0.05, 0.1) is 6.04 Å². The molecule has 3 nitrogen and oxygen atoms in total. The van der Waals surface area contributed by atoms with Crippen LogP contribution < -0.4 is 0 Å². The van der Waals surface area contributed by atoms with Crippen LogP contribution in [0.15, 0.2) is 30.3 Å². The average molecular weight is 273 g/mol. The van der Waals surface area contributed by atoms with E-state index >= 15 is 0 Å². The number of piperidine rings is 1. The molecule has 1 fully saturated rings. The maximum absolute atomic E-state index is 12.6. The minimum atomic E-state index is -0.200. The van der Waals surface area contributed by atoms with Crippen molar-refractivity contribution in [1.82, 2.24) is 4.90 Å². The molecule has 0 N–H and O–H groups in total. The van der Waals surface area contributed by atoms with Gasteiger partial charge >= 0.3 is 0 Å². The van der Waals surface area contributed by atoms with E-state index in [4.69, 9.17) is 0 Å². The van der Waals surface area contributed by atoms with Crippen LogP contribution in [0, 0.1) is 5.92 Å². The number of nitrogens with zero attached hydrogens (tertiary/aromatic N) is 1. The van der Waals surface area contributed by atoms with Crippen LogP contribution in [-0.4, -0.2) is 29.2 Å². The van der Waals surface area contributed by atoms with Gasteiger partial charge in [-0.05, 0) is 38.2 Å². The van der Waals surface area contributed by atoms with Crippen molar-refractivity contribution in [2.24, 2.45) is 5.92 Å². The topological polar surface area (TPSA) is 37.4 Å². The molecule has 2 atom stereocenters. The van der Waals surface area contributed by atoms with Crippen molar-refractivity contribution in [2.75, 3.05) is 6.54 Å². The first-order chi connectivity index (χ1) is 9.59. The molecule has 1 aliphatic heterocycles. The minimum absolute atomic E-state index is 0.0719. The van der Waals surface area contributed by atoms with E-state index in [1.165, 1.54) is 5.56 Å². The highest BCUT2D eigenvalue weighted by Gasteiger charge is 2.31. The Morgan fingerprint density at radius 2 is 1.95 bits per heavy atom. The van der Waals surface area contributed by atoms with Gasteiger partial charge in [0.15, 0.2) is 5.78 Å². The maximum atomic E-state index is 12.6. The lowest BCUT2D eigenvalue weighted by Gasteiger charge is -2.36. The second kappa shape index (κ2) is 6.69. The molecule has 0 spiro atoms. The van der Waals surface area contributed by atoms with Gasteiger partial charge in [0.25, 0.3) is 0 Å². The molecule has 2 rings (SSSR count). The fraction of sp³-hybridized carbons (Fsp3) is 0.529. The van der Waals surface area contributed by atoms with Crippen LogP contribution in [0.2, 0.25) is 0 Å². The number of hydrogen-bond donors (Lipinski definition) is 0. The number of benzene rings is 1. The zero-order valence-corrected chi connectivity index (χ0v) is 12.3. The highest BCUT2D eigenvalue weighted by atomic mass is 16.2. The Morgan fingerprint density at radius 1 is 1.25 bits per heavy atom. The van der Waals surface area contributed by atoms with E-state index in [0.717, 1.165) is 32.2 Å². The third-order valence-electron chi connectivity index (χ3n) is 4.06. The van der Waals surface area contributed by atoms with Crippen molar-refractivity contribution in [3.8, 4) is 0 Å². The number of hydrogen-bond acceptors (Lipinski definition) is 2. The Kier molecular flexibility index (Phi) is 4.94. The summed E-state index contributed by atoms with van der Waals surface area (Å²) < 4.78 is 0. The Hall–Kier alpha value is -1.64. The van der Waals surface area contributed by atoms with E-state index in [9.17, 15) is 9.59 Å². The second-order valence-corrected chi connectivity index (χ2v) is 5.74. The summed E-state index contributed by atoms with van der Waals surface area (Å²) in [6.07, 6.45) is 3.61. The molecule has 1 heterocycles. The van der Waals surface area contributed by atoms with Crippen molar-refractivity contribution in [3.63, 3.8) is 0 Å². The Labute approximate surface area is 121 Å². The van der Waals surface area contributed by atoms with Crippen LogP contribution in [0.4, 0.5) is 0 Å². The molecule has 1 amide bonds. The molecule has 1 aliphatic rings. The second-order valence-electron chi connectivity index (χ2n) is 5.74. The molecule has 20 heavy (non-hydrogen) atoms. The van der Waals surface area contributed by atoms with Gasteiger partial charge in [0.2, 0.25) is 5.91 Å². The third kappa shape index (κ3) is 3.47. The number of amides is 1. The fourth-order valence-electron chi connectivity index (χ4n) is 2.96. The summed E-state index contributed by atoms with van der Waals surface area (Å²) in [5.41, 5.74) is 1.17. The summed E-state index contributed by atoms with van der Waals surface area (Å²) >= 11 is 0. The first kappa shape index (κ1) is 14.8. The molecule has 1 aromatic carbocycles. The molecular formula is C17H23NO2. The molecule has 0 radical (unpaired) electrons. The van der Waals surface area contributed by atoms with Gasteiger partial charge in [0.1, 0.15) is 0 Å². The van der Waals surface area contributed by atoms with E-state index in [-0.39, 0.29) is 23.7 Å². The van der Waals surface area contributed by atoms with Crippen molar-refractivity contribution in [2.45, 2.75) is 45.6 Å². The van der Waals surface area contributed by atoms with Crippen LogP contribution in [0.5, 0.6) is 0 Å². The summed E-state index contributed by atoms with van der Waals surface area (Å²) in [5.74, 6) is 0.163. The van der Waals surface area contributed by atoms with Gasteiger partial charge in [-0.2, -0.15) is 0 Å². The standard InChI is InChI=1S/C17H23NO2/c1-13(12-15-8-4-3-5-9-15)17(20)18-11-7-6-10-16(18)14(2)19/h3-5,8-9,13,16H,6-7,10-12H2,1-2H3/t13-,16-/m0/s1. The highest BCUT2D eigenvalue weighted by Crippen LogP contribution is 2.21. The van der Waals surface area contributed by atoms with Crippen LogP contribution >= 0.6 is 0 Å². The lowest BCUT2D eigenvalue weighted by Crippen LogP contribution is -2.49. The minimum Gasteiger partial charge on any atom is -0.332 e. The van der Waals surface area contributed by atoms with Crippen LogP contribution in [0.3, 0.4) is 0 Å². The smallest absolute Gasteiger partial charge is 0.226 e. The predicted molar refractivity (Wildman–Crippen MR) is 79.3 cm³/mol. The van der Waals surface area contributed by atoms with Gasteiger partial charge in [-0.3, -0.25) is 9.59 Å². The molecule has 0 unspecified atom stereocenters. The molecule has 1 aromatic rings. The number of carbonyl (C=O) groups excluding carboxylic acids is 2. The molecular weight excluding hydrogens is 250 g/mol. The molecule has 3 heteroatoms. The van der Waals surface area contributed by atoms with Crippen molar-refractivity contribution < 1.29 is 9.59 Å². The van der Waals surface area contributed by atoms with E-state index in [0.29, 0.717) is 0 Å². The maximum Gasteiger partial charge on any atom is 0.226 e. The molecule has 0 saturated carbocycles. The van der Waals surface area contributed by atoms with Crippen LogP contribution in [0.25, 0.3) is 0 Å². The zero-order valence-electron chi connectivity index (χ0n) is 12.3. The Morgan fingerprint density at radius 3 is 2.60 bits per heavy atom. The van der Waals surface area contributed by atoms with Crippen molar-refractivity contribution in [1.29, 1.82) is 0 Å². The number of ketones is 1. The van der Waals surface area contributed by atoms with E-state index in [2.05, 4.69) is 0 Å². The van der Waals surface area contributed by atoms with E-state index in [1.54, 1.807) is 11.8 Å². The van der Waals surface area contributed by atoms with Gasteiger partial charge < -0.3 is 4.90 Å². The van der Waals surface area contributed by atoms with E-state index in [1.807, 2.05) is 37.3 Å².